The third-order valence-electron chi connectivity index (χ3n) is 3.83. The van der Waals surface area contributed by atoms with E-state index in [0.29, 0.717) is 18.4 Å². The Bertz CT molecular complexity index is 561. The molecule has 112 valence electrons. The van der Waals surface area contributed by atoms with Crippen LogP contribution in [-0.2, 0) is 0 Å². The van der Waals surface area contributed by atoms with Gasteiger partial charge in [0.15, 0.2) is 0 Å². The van der Waals surface area contributed by atoms with Gasteiger partial charge in [-0.1, -0.05) is 55.3 Å². The maximum Gasteiger partial charge on any atom is 0.254 e. The van der Waals surface area contributed by atoms with Gasteiger partial charge in [0.05, 0.1) is 16.7 Å². The number of hydrogen-bond acceptors (Lipinski definition) is 3. The molecule has 0 aromatic carbocycles. The van der Waals surface area contributed by atoms with Crippen molar-refractivity contribution in [3.63, 3.8) is 0 Å². The Kier molecular flexibility index (Phi) is 5.44. The van der Waals surface area contributed by atoms with Gasteiger partial charge in [-0.3, -0.25) is 4.79 Å². The van der Waals surface area contributed by atoms with Gasteiger partial charge in [0.1, 0.15) is 10.7 Å². The summed E-state index contributed by atoms with van der Waals surface area (Å²) in [6, 6.07) is 3.77. The van der Waals surface area contributed by atoms with Crippen molar-refractivity contribution in [1.29, 1.82) is 5.26 Å². The van der Waals surface area contributed by atoms with Gasteiger partial charge in [-0.25, -0.2) is 4.98 Å². The molecule has 1 aromatic heterocycles. The van der Waals surface area contributed by atoms with Gasteiger partial charge in [-0.15, -0.1) is 0 Å². The third kappa shape index (κ3) is 4.09. The second kappa shape index (κ2) is 7.11. The third-order valence-corrected chi connectivity index (χ3v) is 4.52. The Labute approximate surface area is 134 Å². The van der Waals surface area contributed by atoms with Gasteiger partial charge >= 0.3 is 0 Å². The second-order valence-corrected chi connectivity index (χ2v) is 6.18. The molecule has 21 heavy (non-hydrogen) atoms. The van der Waals surface area contributed by atoms with E-state index in [2.05, 4.69) is 16.4 Å². The quantitative estimate of drug-likeness (QED) is 0.831. The van der Waals surface area contributed by atoms with Crippen molar-refractivity contribution in [2.75, 3.05) is 0 Å². The van der Waals surface area contributed by atoms with Crippen LogP contribution in [0.2, 0.25) is 10.2 Å². The summed E-state index contributed by atoms with van der Waals surface area (Å²) in [6.45, 7) is 0. The van der Waals surface area contributed by atoms with Gasteiger partial charge < -0.3 is 5.32 Å². The molecule has 1 aliphatic carbocycles. The molecule has 1 aliphatic rings. The molecule has 0 saturated heterocycles. The van der Waals surface area contributed by atoms with Gasteiger partial charge in [-0.05, 0) is 18.9 Å². The van der Waals surface area contributed by atoms with E-state index >= 15 is 0 Å². The minimum atomic E-state index is -0.788. The van der Waals surface area contributed by atoms with Gasteiger partial charge in [0.2, 0.25) is 0 Å². The van der Waals surface area contributed by atoms with Gasteiger partial charge in [0, 0.05) is 6.20 Å². The van der Waals surface area contributed by atoms with E-state index < -0.39 is 5.54 Å². The van der Waals surface area contributed by atoms with Crippen LogP contribution in [0, 0.1) is 11.3 Å². The normalized spacial score (nSPS) is 18.1. The lowest BCUT2D eigenvalue weighted by Gasteiger charge is -2.29. The second-order valence-electron chi connectivity index (χ2n) is 5.41. The van der Waals surface area contributed by atoms with Crippen molar-refractivity contribution in [1.82, 2.24) is 10.3 Å². The maximum atomic E-state index is 12.3. The highest BCUT2D eigenvalue weighted by atomic mass is 35.5. The number of pyridine rings is 1. The van der Waals surface area contributed by atoms with Gasteiger partial charge in [0.25, 0.3) is 5.91 Å². The molecule has 1 saturated carbocycles. The summed E-state index contributed by atoms with van der Waals surface area (Å²) >= 11 is 11.6. The maximum absolute atomic E-state index is 12.3. The van der Waals surface area contributed by atoms with Crippen LogP contribution in [0.1, 0.15) is 55.3 Å². The molecular weight excluding hydrogens is 309 g/mol. The number of rotatable bonds is 2. The first-order valence-corrected chi connectivity index (χ1v) is 7.87. The molecule has 1 fully saturated rings. The SMILES string of the molecule is N#CC1(NC(=O)c2cnc(Cl)c(Cl)c2)CCCCCCC1. The van der Waals surface area contributed by atoms with Crippen molar-refractivity contribution in [2.45, 2.75) is 50.5 Å². The number of amides is 1. The fourth-order valence-electron chi connectivity index (χ4n) is 2.61. The Balaban J connectivity index is 2.14. The number of carbonyl (C=O) groups is 1. The van der Waals surface area contributed by atoms with Crippen molar-refractivity contribution in [3.05, 3.63) is 28.0 Å². The van der Waals surface area contributed by atoms with Crippen LogP contribution < -0.4 is 5.32 Å². The average Bonchev–Trinajstić information content (AvgIpc) is 2.45. The summed E-state index contributed by atoms with van der Waals surface area (Å²) in [7, 11) is 0. The van der Waals surface area contributed by atoms with E-state index in [4.69, 9.17) is 23.2 Å². The molecular formula is C15H17Cl2N3O. The fourth-order valence-corrected chi connectivity index (χ4v) is 2.88. The summed E-state index contributed by atoms with van der Waals surface area (Å²) < 4.78 is 0. The minimum absolute atomic E-state index is 0.161. The number of nitriles is 1. The predicted octanol–water partition coefficient (Wildman–Crippen LogP) is 4.12. The molecule has 1 N–H and O–H groups in total. The Morgan fingerprint density at radius 2 is 1.86 bits per heavy atom. The fraction of sp³-hybridized carbons (Fsp3) is 0.533. The minimum Gasteiger partial charge on any atom is -0.334 e. The van der Waals surface area contributed by atoms with E-state index in [-0.39, 0.29) is 16.1 Å². The largest absolute Gasteiger partial charge is 0.334 e. The molecule has 0 atom stereocenters. The van der Waals surface area contributed by atoms with Crippen LogP contribution >= 0.6 is 23.2 Å². The number of nitrogens with zero attached hydrogens (tertiary/aromatic N) is 2. The number of hydrogen-bond donors (Lipinski definition) is 1. The molecule has 1 amide bonds. The molecule has 0 unspecified atom stereocenters. The highest BCUT2D eigenvalue weighted by Crippen LogP contribution is 2.27. The van der Waals surface area contributed by atoms with Crippen LogP contribution in [0.4, 0.5) is 0 Å². The first kappa shape index (κ1) is 16.1. The Morgan fingerprint density at radius 3 is 2.43 bits per heavy atom. The van der Waals surface area contributed by atoms with Crippen molar-refractivity contribution >= 4 is 29.1 Å². The lowest BCUT2D eigenvalue weighted by atomic mass is 9.85. The molecule has 0 radical (unpaired) electrons. The van der Waals surface area contributed by atoms with E-state index in [1.54, 1.807) is 0 Å². The topological polar surface area (TPSA) is 65.8 Å². The zero-order valence-electron chi connectivity index (χ0n) is 11.7. The summed E-state index contributed by atoms with van der Waals surface area (Å²) in [5, 5.41) is 12.8. The smallest absolute Gasteiger partial charge is 0.254 e. The van der Waals surface area contributed by atoms with Crippen molar-refractivity contribution in [2.24, 2.45) is 0 Å². The number of carbonyl (C=O) groups excluding carboxylic acids is 1. The van der Waals surface area contributed by atoms with Crippen LogP contribution in [0.3, 0.4) is 0 Å². The van der Waals surface area contributed by atoms with Crippen LogP contribution in [0.5, 0.6) is 0 Å². The summed E-state index contributed by atoms with van der Waals surface area (Å²) in [6.07, 6.45) is 8.06. The molecule has 6 heteroatoms. The Morgan fingerprint density at radius 1 is 1.24 bits per heavy atom. The van der Waals surface area contributed by atoms with Crippen LogP contribution in [-0.4, -0.2) is 16.4 Å². The lowest BCUT2D eigenvalue weighted by Crippen LogP contribution is -2.47. The zero-order valence-corrected chi connectivity index (χ0v) is 13.2. The summed E-state index contributed by atoms with van der Waals surface area (Å²) in [5.41, 5.74) is -0.468. The number of halogens is 2. The summed E-state index contributed by atoms with van der Waals surface area (Å²) in [5.74, 6) is -0.330. The molecule has 0 spiro atoms. The molecule has 2 rings (SSSR count). The van der Waals surface area contributed by atoms with Crippen LogP contribution in [0.25, 0.3) is 0 Å². The molecule has 1 heterocycles. The van der Waals surface area contributed by atoms with E-state index in [9.17, 15) is 10.1 Å². The summed E-state index contributed by atoms with van der Waals surface area (Å²) in [4.78, 5) is 16.2. The van der Waals surface area contributed by atoms with E-state index in [1.807, 2.05) is 0 Å². The van der Waals surface area contributed by atoms with E-state index in [0.717, 1.165) is 25.7 Å². The van der Waals surface area contributed by atoms with Crippen molar-refractivity contribution in [3.8, 4) is 6.07 Å². The highest BCUT2D eigenvalue weighted by Gasteiger charge is 2.32. The molecule has 0 bridgehead atoms. The lowest BCUT2D eigenvalue weighted by molar-refractivity contribution is 0.0907. The molecule has 0 aliphatic heterocycles. The standard InChI is InChI=1S/C15H17Cl2N3O/c16-12-8-11(9-19-13(12)17)14(21)20-15(10-18)6-4-2-1-3-5-7-15/h8-9H,1-7H2,(H,20,21). The van der Waals surface area contributed by atoms with E-state index in [1.165, 1.54) is 18.7 Å². The number of aromatic nitrogens is 1. The average molecular weight is 326 g/mol. The zero-order chi connectivity index (χ0) is 15.3. The first-order chi connectivity index (χ1) is 10.1. The highest BCUT2D eigenvalue weighted by molar-refractivity contribution is 6.41. The van der Waals surface area contributed by atoms with Gasteiger partial charge in [-0.2, -0.15) is 5.26 Å². The predicted molar refractivity (Wildman–Crippen MR) is 82.4 cm³/mol. The molecule has 4 nitrogen and oxygen atoms in total. The molecule has 1 aromatic rings. The van der Waals surface area contributed by atoms with Crippen LogP contribution in [0.15, 0.2) is 12.3 Å². The van der Waals surface area contributed by atoms with Crippen molar-refractivity contribution < 1.29 is 4.79 Å². The Hall–Kier alpha value is -1.31. The number of nitrogens with one attached hydrogen (secondary N) is 1. The first-order valence-electron chi connectivity index (χ1n) is 7.11. The monoisotopic (exact) mass is 325 g/mol.